The molecule has 2 aromatic carbocycles. The van der Waals surface area contributed by atoms with Crippen LogP contribution < -0.4 is 0 Å². The molecule has 0 saturated carbocycles. The van der Waals surface area contributed by atoms with E-state index in [1.807, 2.05) is 60.1 Å². The Labute approximate surface area is 175 Å². The lowest BCUT2D eigenvalue weighted by molar-refractivity contribution is -0.141. The molecule has 0 aliphatic rings. The van der Waals surface area contributed by atoms with Crippen molar-refractivity contribution >= 4 is 21.9 Å². The van der Waals surface area contributed by atoms with Crippen LogP contribution >= 0.6 is 0 Å². The molecule has 0 unspecified atom stereocenters. The second-order valence-corrected chi connectivity index (χ2v) is 7.27. The molecule has 1 atom stereocenters. The number of benzene rings is 2. The average molecular weight is 419 g/mol. The summed E-state index contributed by atoms with van der Waals surface area (Å²) in [4.78, 5) is 8.03. The molecule has 5 rings (SSSR count). The van der Waals surface area contributed by atoms with Gasteiger partial charge in [-0.05, 0) is 36.2 Å². The molecule has 0 saturated heterocycles. The maximum Gasteiger partial charge on any atom is 0.433 e. The smallest absolute Gasteiger partial charge is 0.254 e. The number of fused-ring (bicyclic) bond motifs is 3. The summed E-state index contributed by atoms with van der Waals surface area (Å²) in [6, 6.07) is 17.9. The number of aromatic nitrogens is 5. The zero-order valence-electron chi connectivity index (χ0n) is 16.4. The van der Waals surface area contributed by atoms with Gasteiger partial charge < -0.3 is 0 Å². The van der Waals surface area contributed by atoms with Crippen molar-refractivity contribution in [2.45, 2.75) is 19.1 Å². The maximum atomic E-state index is 12.8. The quantitative estimate of drug-likeness (QED) is 0.378. The Bertz CT molecular complexity index is 1380. The van der Waals surface area contributed by atoms with Gasteiger partial charge in [0, 0.05) is 17.1 Å². The van der Waals surface area contributed by atoms with Crippen LogP contribution in [0.4, 0.5) is 13.2 Å². The van der Waals surface area contributed by atoms with Crippen LogP contribution in [-0.4, -0.2) is 25.0 Å². The van der Waals surface area contributed by atoms with Gasteiger partial charge in [0.05, 0.1) is 17.8 Å². The lowest BCUT2D eigenvalue weighted by atomic mass is 10.0. The van der Waals surface area contributed by atoms with E-state index in [4.69, 9.17) is 0 Å². The van der Waals surface area contributed by atoms with E-state index in [1.165, 1.54) is 12.3 Å². The standard InChI is InChI=1S/C23H16F3N5/c1-14(15-5-3-2-4-6-15)31-22-18-11-16(7-9-19(18)27-13-20(22)29-30-31)17-8-10-21(28-12-17)23(24,25)26/h2-14H,1H3/t14-/m1/s1. The van der Waals surface area contributed by atoms with Gasteiger partial charge in [-0.1, -0.05) is 47.7 Å². The molecule has 3 aromatic heterocycles. The number of pyridine rings is 2. The first-order chi connectivity index (χ1) is 14.9. The molecule has 0 amide bonds. The lowest BCUT2D eigenvalue weighted by Crippen LogP contribution is -2.08. The summed E-state index contributed by atoms with van der Waals surface area (Å²) in [6.07, 6.45) is -1.55. The van der Waals surface area contributed by atoms with E-state index in [0.717, 1.165) is 33.6 Å². The van der Waals surface area contributed by atoms with E-state index in [2.05, 4.69) is 20.3 Å². The zero-order chi connectivity index (χ0) is 21.6. The highest BCUT2D eigenvalue weighted by molar-refractivity contribution is 6.03. The maximum absolute atomic E-state index is 12.8. The predicted octanol–water partition coefficient (Wildman–Crippen LogP) is 5.67. The van der Waals surface area contributed by atoms with Gasteiger partial charge in [-0.25, -0.2) is 4.68 Å². The third kappa shape index (κ3) is 3.39. The Balaban J connectivity index is 1.65. The van der Waals surface area contributed by atoms with Gasteiger partial charge >= 0.3 is 6.18 Å². The fourth-order valence-corrected chi connectivity index (χ4v) is 3.68. The van der Waals surface area contributed by atoms with Gasteiger partial charge in [-0.15, -0.1) is 5.10 Å². The highest BCUT2D eigenvalue weighted by Crippen LogP contribution is 2.32. The Morgan fingerprint density at radius 3 is 2.32 bits per heavy atom. The molecular weight excluding hydrogens is 403 g/mol. The summed E-state index contributed by atoms with van der Waals surface area (Å²) in [5.74, 6) is 0. The molecule has 0 aliphatic heterocycles. The first-order valence-electron chi connectivity index (χ1n) is 9.64. The SMILES string of the molecule is C[C@H](c1ccccc1)n1nnc2cnc3ccc(-c4ccc(C(F)(F)F)nc4)cc3c21. The molecule has 0 spiro atoms. The topological polar surface area (TPSA) is 56.5 Å². The lowest BCUT2D eigenvalue weighted by Gasteiger charge is -2.14. The summed E-state index contributed by atoms with van der Waals surface area (Å²) in [5.41, 5.74) is 3.72. The van der Waals surface area contributed by atoms with Gasteiger partial charge in [-0.3, -0.25) is 9.97 Å². The van der Waals surface area contributed by atoms with Crippen molar-refractivity contribution in [3.05, 3.63) is 84.3 Å². The van der Waals surface area contributed by atoms with Crippen LogP contribution in [0.3, 0.4) is 0 Å². The predicted molar refractivity (Wildman–Crippen MR) is 111 cm³/mol. The number of alkyl halides is 3. The van der Waals surface area contributed by atoms with E-state index in [9.17, 15) is 13.2 Å². The molecule has 3 heterocycles. The van der Waals surface area contributed by atoms with Crippen LogP contribution in [0.15, 0.2) is 73.1 Å². The number of hydrogen-bond acceptors (Lipinski definition) is 4. The van der Waals surface area contributed by atoms with E-state index in [-0.39, 0.29) is 6.04 Å². The van der Waals surface area contributed by atoms with E-state index in [0.29, 0.717) is 11.1 Å². The van der Waals surface area contributed by atoms with Crippen LogP contribution in [0.5, 0.6) is 0 Å². The van der Waals surface area contributed by atoms with Gasteiger partial charge in [0.2, 0.25) is 0 Å². The fraction of sp³-hybridized carbons (Fsp3) is 0.130. The van der Waals surface area contributed by atoms with Crippen molar-refractivity contribution in [1.29, 1.82) is 0 Å². The second kappa shape index (κ2) is 7.16. The molecule has 5 nitrogen and oxygen atoms in total. The van der Waals surface area contributed by atoms with Crippen molar-refractivity contribution in [3.8, 4) is 11.1 Å². The Morgan fingerprint density at radius 1 is 0.839 bits per heavy atom. The van der Waals surface area contributed by atoms with Gasteiger partial charge in [-0.2, -0.15) is 13.2 Å². The van der Waals surface area contributed by atoms with Gasteiger partial charge in [0.25, 0.3) is 0 Å². The number of hydrogen-bond donors (Lipinski definition) is 0. The van der Waals surface area contributed by atoms with Crippen molar-refractivity contribution in [2.24, 2.45) is 0 Å². The summed E-state index contributed by atoms with van der Waals surface area (Å²) < 4.78 is 40.4. The van der Waals surface area contributed by atoms with Crippen LogP contribution in [0.1, 0.15) is 24.2 Å². The molecule has 5 aromatic rings. The zero-order valence-corrected chi connectivity index (χ0v) is 16.4. The van der Waals surface area contributed by atoms with Crippen molar-refractivity contribution in [3.63, 3.8) is 0 Å². The molecular formula is C23H16F3N5. The normalized spacial score (nSPS) is 13.0. The first-order valence-corrected chi connectivity index (χ1v) is 9.64. The monoisotopic (exact) mass is 419 g/mol. The molecule has 0 radical (unpaired) electrons. The van der Waals surface area contributed by atoms with Crippen molar-refractivity contribution in [1.82, 2.24) is 25.0 Å². The molecule has 31 heavy (non-hydrogen) atoms. The van der Waals surface area contributed by atoms with Crippen LogP contribution in [0.25, 0.3) is 33.1 Å². The minimum atomic E-state index is -4.47. The Hall–Kier alpha value is -3.81. The third-order valence-corrected chi connectivity index (χ3v) is 5.33. The molecule has 0 fully saturated rings. The Kier molecular flexibility index (Phi) is 4.43. The summed E-state index contributed by atoms with van der Waals surface area (Å²) in [5, 5.41) is 9.44. The van der Waals surface area contributed by atoms with Gasteiger partial charge in [0.1, 0.15) is 16.7 Å². The summed E-state index contributed by atoms with van der Waals surface area (Å²) in [6.45, 7) is 2.04. The highest BCUT2D eigenvalue weighted by Gasteiger charge is 2.32. The fourth-order valence-electron chi connectivity index (χ4n) is 3.68. The van der Waals surface area contributed by atoms with Crippen LogP contribution in [0, 0.1) is 0 Å². The van der Waals surface area contributed by atoms with Crippen LogP contribution in [0.2, 0.25) is 0 Å². The highest BCUT2D eigenvalue weighted by atomic mass is 19.4. The third-order valence-electron chi connectivity index (χ3n) is 5.33. The van der Waals surface area contributed by atoms with E-state index >= 15 is 0 Å². The number of halogens is 3. The largest absolute Gasteiger partial charge is 0.433 e. The van der Waals surface area contributed by atoms with E-state index < -0.39 is 11.9 Å². The second-order valence-electron chi connectivity index (χ2n) is 7.27. The summed E-state index contributed by atoms with van der Waals surface area (Å²) in [7, 11) is 0. The molecule has 0 bridgehead atoms. The Morgan fingerprint density at radius 2 is 1.61 bits per heavy atom. The van der Waals surface area contributed by atoms with Crippen molar-refractivity contribution in [2.75, 3.05) is 0 Å². The minimum Gasteiger partial charge on any atom is -0.254 e. The first kappa shape index (κ1) is 19.2. The minimum absolute atomic E-state index is 0.0619. The van der Waals surface area contributed by atoms with Crippen LogP contribution in [-0.2, 0) is 6.18 Å². The number of rotatable bonds is 3. The van der Waals surface area contributed by atoms with E-state index in [1.54, 1.807) is 6.20 Å². The molecule has 0 aliphatic carbocycles. The molecule has 8 heteroatoms. The number of nitrogens with zero attached hydrogens (tertiary/aromatic N) is 5. The van der Waals surface area contributed by atoms with Gasteiger partial charge in [0.15, 0.2) is 0 Å². The van der Waals surface area contributed by atoms with Crippen molar-refractivity contribution < 1.29 is 13.2 Å². The molecule has 0 N–H and O–H groups in total. The summed E-state index contributed by atoms with van der Waals surface area (Å²) >= 11 is 0. The average Bonchev–Trinajstić information content (AvgIpc) is 3.23. The molecule has 154 valence electrons.